The van der Waals surface area contributed by atoms with Gasteiger partial charge in [0, 0.05) is 12.4 Å². The Bertz CT molecular complexity index is 888. The molecule has 0 saturated heterocycles. The van der Waals surface area contributed by atoms with Gasteiger partial charge in [-0.2, -0.15) is 10.2 Å². The van der Waals surface area contributed by atoms with E-state index >= 15 is 0 Å². The summed E-state index contributed by atoms with van der Waals surface area (Å²) in [4.78, 5) is 12.7. The highest BCUT2D eigenvalue weighted by Crippen LogP contribution is 2.24. The number of carbonyl (C=O) groups is 1. The average Bonchev–Trinajstić information content (AvgIpc) is 3.15. The SMILES string of the molecule is CC(C)(C(=O)Nc1nn(Cc2ccccc2)cc1Cl)n1cc(Br)cn1. The predicted octanol–water partition coefficient (Wildman–Crippen LogP) is 3.92. The second-order valence-corrected chi connectivity index (χ2v) is 7.45. The first-order valence-electron chi connectivity index (χ1n) is 7.65. The number of rotatable bonds is 5. The number of halogens is 2. The molecule has 3 aromatic rings. The van der Waals surface area contributed by atoms with E-state index in [2.05, 4.69) is 31.4 Å². The lowest BCUT2D eigenvalue weighted by Crippen LogP contribution is -2.40. The number of aromatic nitrogens is 4. The lowest BCUT2D eigenvalue weighted by Gasteiger charge is -2.23. The van der Waals surface area contributed by atoms with Crippen LogP contribution in [0.2, 0.25) is 5.02 Å². The van der Waals surface area contributed by atoms with Crippen molar-refractivity contribution in [2.24, 2.45) is 0 Å². The van der Waals surface area contributed by atoms with Crippen LogP contribution in [0.5, 0.6) is 0 Å². The van der Waals surface area contributed by atoms with Crippen LogP contribution in [-0.2, 0) is 16.9 Å². The van der Waals surface area contributed by atoms with Crippen molar-refractivity contribution in [1.29, 1.82) is 0 Å². The van der Waals surface area contributed by atoms with E-state index in [1.165, 1.54) is 0 Å². The van der Waals surface area contributed by atoms with Crippen LogP contribution in [0, 0.1) is 0 Å². The third-order valence-electron chi connectivity index (χ3n) is 3.82. The van der Waals surface area contributed by atoms with Crippen LogP contribution in [0.1, 0.15) is 19.4 Å². The summed E-state index contributed by atoms with van der Waals surface area (Å²) in [5.74, 6) is 0.0804. The van der Waals surface area contributed by atoms with Crippen LogP contribution >= 0.6 is 27.5 Å². The van der Waals surface area contributed by atoms with Crippen LogP contribution in [0.15, 0.2) is 53.4 Å². The zero-order chi connectivity index (χ0) is 18.0. The summed E-state index contributed by atoms with van der Waals surface area (Å²) < 4.78 is 4.09. The molecule has 0 spiro atoms. The van der Waals surface area contributed by atoms with Gasteiger partial charge < -0.3 is 5.32 Å². The molecule has 0 unspecified atom stereocenters. The van der Waals surface area contributed by atoms with Crippen LogP contribution < -0.4 is 5.32 Å². The minimum Gasteiger partial charge on any atom is -0.306 e. The van der Waals surface area contributed by atoms with Crippen molar-refractivity contribution in [3.05, 3.63) is 64.0 Å². The molecule has 0 aliphatic carbocycles. The van der Waals surface area contributed by atoms with Gasteiger partial charge in [0.15, 0.2) is 5.82 Å². The van der Waals surface area contributed by atoms with Gasteiger partial charge in [-0.05, 0) is 35.3 Å². The lowest BCUT2D eigenvalue weighted by molar-refractivity contribution is -0.123. The van der Waals surface area contributed by atoms with E-state index in [0.29, 0.717) is 17.4 Å². The average molecular weight is 423 g/mol. The molecule has 130 valence electrons. The number of anilines is 1. The van der Waals surface area contributed by atoms with Crippen molar-refractivity contribution in [2.75, 3.05) is 5.32 Å². The maximum Gasteiger partial charge on any atom is 0.253 e. The quantitative estimate of drug-likeness (QED) is 0.678. The highest BCUT2D eigenvalue weighted by atomic mass is 79.9. The zero-order valence-electron chi connectivity index (χ0n) is 13.8. The number of hydrogen-bond acceptors (Lipinski definition) is 3. The molecule has 1 amide bonds. The van der Waals surface area contributed by atoms with Crippen LogP contribution in [0.3, 0.4) is 0 Å². The smallest absolute Gasteiger partial charge is 0.253 e. The monoisotopic (exact) mass is 421 g/mol. The molecule has 3 rings (SSSR count). The molecule has 0 saturated carbocycles. The van der Waals surface area contributed by atoms with Crippen LogP contribution in [-0.4, -0.2) is 25.5 Å². The lowest BCUT2D eigenvalue weighted by atomic mass is 10.1. The molecular weight excluding hydrogens is 406 g/mol. The van der Waals surface area contributed by atoms with Crippen LogP contribution in [0.25, 0.3) is 0 Å². The fraction of sp³-hybridized carbons (Fsp3) is 0.235. The largest absolute Gasteiger partial charge is 0.306 e. The standard InChI is InChI=1S/C17H17BrClN5O/c1-17(2,24-10-13(18)8-20-24)16(25)21-15-14(19)11-23(22-15)9-12-6-4-3-5-7-12/h3-8,10-11H,9H2,1-2H3,(H,21,22,25). The van der Waals surface area contributed by atoms with Gasteiger partial charge in [0.25, 0.3) is 5.91 Å². The van der Waals surface area contributed by atoms with E-state index in [1.807, 2.05) is 30.3 Å². The van der Waals surface area contributed by atoms with E-state index in [9.17, 15) is 4.79 Å². The summed E-state index contributed by atoms with van der Waals surface area (Å²) in [6.45, 7) is 4.12. The Morgan fingerprint density at radius 1 is 1.28 bits per heavy atom. The molecule has 0 aliphatic heterocycles. The van der Waals surface area contributed by atoms with E-state index in [1.54, 1.807) is 41.8 Å². The zero-order valence-corrected chi connectivity index (χ0v) is 16.1. The molecule has 8 heteroatoms. The van der Waals surface area contributed by atoms with Crippen molar-refractivity contribution in [1.82, 2.24) is 19.6 Å². The Morgan fingerprint density at radius 3 is 2.64 bits per heavy atom. The Balaban J connectivity index is 1.75. The molecule has 0 bridgehead atoms. The number of benzene rings is 1. The normalized spacial score (nSPS) is 11.5. The summed E-state index contributed by atoms with van der Waals surface area (Å²) in [5, 5.41) is 11.7. The summed E-state index contributed by atoms with van der Waals surface area (Å²) in [7, 11) is 0. The molecule has 1 N–H and O–H groups in total. The minimum absolute atomic E-state index is 0.255. The van der Waals surface area contributed by atoms with Crippen molar-refractivity contribution >= 4 is 39.3 Å². The van der Waals surface area contributed by atoms with Gasteiger partial charge in [-0.25, -0.2) is 0 Å². The van der Waals surface area contributed by atoms with E-state index < -0.39 is 5.54 Å². The highest BCUT2D eigenvalue weighted by molar-refractivity contribution is 9.10. The molecule has 2 heterocycles. The topological polar surface area (TPSA) is 64.7 Å². The fourth-order valence-corrected chi connectivity index (χ4v) is 2.79. The second kappa shape index (κ2) is 7.01. The molecule has 6 nitrogen and oxygen atoms in total. The Kier molecular flexibility index (Phi) is 4.96. The summed E-state index contributed by atoms with van der Waals surface area (Å²) in [5.41, 5.74) is 0.208. The number of amides is 1. The first-order valence-corrected chi connectivity index (χ1v) is 8.82. The molecule has 25 heavy (non-hydrogen) atoms. The van der Waals surface area contributed by atoms with E-state index in [4.69, 9.17) is 11.6 Å². The molecule has 0 aliphatic rings. The number of carbonyl (C=O) groups excluding carboxylic acids is 1. The van der Waals surface area contributed by atoms with E-state index in [0.717, 1.165) is 10.0 Å². The molecule has 0 atom stereocenters. The Morgan fingerprint density at radius 2 is 2.00 bits per heavy atom. The first kappa shape index (κ1) is 17.7. The number of hydrogen-bond donors (Lipinski definition) is 1. The summed E-state index contributed by atoms with van der Waals surface area (Å²) >= 11 is 9.56. The fourth-order valence-electron chi connectivity index (χ4n) is 2.30. The first-order chi connectivity index (χ1) is 11.9. The minimum atomic E-state index is -0.890. The molecule has 2 aromatic heterocycles. The Hall–Kier alpha value is -2.12. The van der Waals surface area contributed by atoms with Crippen molar-refractivity contribution in [3.63, 3.8) is 0 Å². The summed E-state index contributed by atoms with van der Waals surface area (Å²) in [6.07, 6.45) is 5.08. The van der Waals surface area contributed by atoms with Gasteiger partial charge in [0.1, 0.15) is 10.6 Å². The van der Waals surface area contributed by atoms with Crippen molar-refractivity contribution < 1.29 is 4.79 Å². The van der Waals surface area contributed by atoms with Crippen LogP contribution in [0.4, 0.5) is 5.82 Å². The third-order valence-corrected chi connectivity index (χ3v) is 4.50. The van der Waals surface area contributed by atoms with Gasteiger partial charge in [-0.15, -0.1) is 0 Å². The van der Waals surface area contributed by atoms with Crippen molar-refractivity contribution in [2.45, 2.75) is 25.9 Å². The molecular formula is C17H17BrClN5O. The number of nitrogens with one attached hydrogen (secondary N) is 1. The summed E-state index contributed by atoms with van der Waals surface area (Å²) in [6, 6.07) is 9.90. The highest BCUT2D eigenvalue weighted by Gasteiger charge is 2.31. The predicted molar refractivity (Wildman–Crippen MR) is 101 cm³/mol. The third kappa shape index (κ3) is 3.93. The van der Waals surface area contributed by atoms with Gasteiger partial charge in [-0.3, -0.25) is 14.2 Å². The second-order valence-electron chi connectivity index (χ2n) is 6.13. The van der Waals surface area contributed by atoms with Gasteiger partial charge in [-0.1, -0.05) is 41.9 Å². The molecule has 1 aromatic carbocycles. The van der Waals surface area contributed by atoms with E-state index in [-0.39, 0.29) is 5.91 Å². The van der Waals surface area contributed by atoms with Crippen molar-refractivity contribution in [3.8, 4) is 0 Å². The Labute approximate surface area is 158 Å². The van der Waals surface area contributed by atoms with Gasteiger partial charge in [0.2, 0.25) is 0 Å². The maximum absolute atomic E-state index is 12.7. The van der Waals surface area contributed by atoms with Gasteiger partial charge in [0.05, 0.1) is 17.2 Å². The van der Waals surface area contributed by atoms with Gasteiger partial charge >= 0.3 is 0 Å². The molecule has 0 fully saturated rings. The molecule has 0 radical (unpaired) electrons. The number of nitrogens with zero attached hydrogens (tertiary/aromatic N) is 4. The maximum atomic E-state index is 12.7.